The van der Waals surface area contributed by atoms with Crippen molar-refractivity contribution in [2.75, 3.05) is 0 Å². The summed E-state index contributed by atoms with van der Waals surface area (Å²) in [6, 6.07) is 22.4. The molecular weight excluding hydrogens is 382 g/mol. The summed E-state index contributed by atoms with van der Waals surface area (Å²) in [7, 11) is -2.53. The van der Waals surface area contributed by atoms with E-state index in [0.29, 0.717) is 0 Å². The van der Waals surface area contributed by atoms with Gasteiger partial charge in [-0.2, -0.15) is 0 Å². The predicted molar refractivity (Wildman–Crippen MR) is 136 cm³/mol. The Balaban J connectivity index is 2.68. The zero-order valence-electron chi connectivity index (χ0n) is 20.1. The van der Waals surface area contributed by atoms with Crippen LogP contribution in [0.25, 0.3) is 11.3 Å². The highest BCUT2D eigenvalue weighted by molar-refractivity contribution is 6.79. The molecule has 0 fully saturated rings. The van der Waals surface area contributed by atoms with Crippen molar-refractivity contribution in [3.8, 4) is 11.3 Å². The number of aryl methyl sites for hydroxylation is 1. The van der Waals surface area contributed by atoms with Crippen LogP contribution in [0.2, 0.25) is 36.3 Å². The van der Waals surface area contributed by atoms with Crippen LogP contribution >= 0.6 is 0 Å². The molecule has 2 rings (SSSR count). The van der Waals surface area contributed by atoms with E-state index in [2.05, 4.69) is 78.8 Å². The minimum atomic E-state index is -1.26. The van der Waals surface area contributed by atoms with Gasteiger partial charge in [-0.25, -0.2) is 0 Å². The summed E-state index contributed by atoms with van der Waals surface area (Å²) >= 11 is 0. The lowest BCUT2D eigenvalue weighted by Gasteiger charge is -2.32. The van der Waals surface area contributed by atoms with Gasteiger partial charge >= 0.3 is 0 Å². The smallest absolute Gasteiger partial charge is 0.0736 e. The van der Waals surface area contributed by atoms with E-state index in [1.54, 1.807) is 11.1 Å². The summed E-state index contributed by atoms with van der Waals surface area (Å²) in [6.45, 7) is 16.8. The first-order valence-corrected chi connectivity index (χ1v) is 17.6. The first kappa shape index (κ1) is 24.1. The normalized spacial score (nSPS) is 12.4. The third-order valence-electron chi connectivity index (χ3n) is 8.11. The number of hydrogen-bond donors (Lipinski definition) is 0. The molecule has 0 unspecified atom stereocenters. The lowest BCUT2D eigenvalue weighted by Crippen LogP contribution is -2.36. The number of rotatable bonds is 11. The van der Waals surface area contributed by atoms with Crippen molar-refractivity contribution in [1.29, 1.82) is 0 Å². The Bertz CT molecular complexity index is 719. The number of aromatic nitrogens is 1. The average Bonchev–Trinajstić information content (AvgIpc) is 2.77. The van der Waals surface area contributed by atoms with Gasteiger partial charge in [0.1, 0.15) is 0 Å². The van der Waals surface area contributed by atoms with Crippen LogP contribution in [-0.4, -0.2) is 21.1 Å². The van der Waals surface area contributed by atoms with E-state index < -0.39 is 16.1 Å². The molecule has 0 N–H and O–H groups in total. The van der Waals surface area contributed by atoms with Crippen LogP contribution in [-0.2, 0) is 12.1 Å². The molecular formula is C26H43NSi2. The fourth-order valence-corrected chi connectivity index (χ4v) is 11.8. The van der Waals surface area contributed by atoms with Crippen LogP contribution in [0.3, 0.4) is 0 Å². The minimum Gasteiger partial charge on any atom is -0.256 e. The molecule has 0 saturated heterocycles. The second kappa shape index (κ2) is 10.7. The molecule has 1 nitrogen and oxygen atoms in total. The summed E-state index contributed by atoms with van der Waals surface area (Å²) in [4.78, 5) is 4.92. The molecule has 0 amide bonds. The van der Waals surface area contributed by atoms with Crippen LogP contribution in [0.5, 0.6) is 0 Å². The molecule has 1 aromatic heterocycles. The van der Waals surface area contributed by atoms with E-state index >= 15 is 0 Å². The lowest BCUT2D eigenvalue weighted by atomic mass is 9.97. The van der Waals surface area contributed by atoms with E-state index in [1.807, 2.05) is 6.20 Å². The zero-order chi connectivity index (χ0) is 21.5. The van der Waals surface area contributed by atoms with Gasteiger partial charge in [-0.1, -0.05) is 102 Å². The van der Waals surface area contributed by atoms with Gasteiger partial charge in [0.2, 0.25) is 0 Å². The van der Waals surface area contributed by atoms with Crippen molar-refractivity contribution in [2.24, 2.45) is 0 Å². The van der Waals surface area contributed by atoms with E-state index in [1.165, 1.54) is 65.2 Å². The second-order valence-corrected chi connectivity index (χ2v) is 20.0. The second-order valence-electron chi connectivity index (χ2n) is 9.10. The van der Waals surface area contributed by atoms with E-state index in [0.717, 1.165) is 0 Å². The molecule has 1 heterocycles. The van der Waals surface area contributed by atoms with Crippen molar-refractivity contribution >= 4 is 16.1 Å². The maximum absolute atomic E-state index is 4.92. The Kier molecular flexibility index (Phi) is 8.90. The minimum absolute atomic E-state index is 1.23. The standard InChI is InChI=1S/C26H43NSi2/c1-8-28(9-2,10-3)20-23-17-14-18-24(21-29(11-4,12-5)13-6)25(23)26-22(7)16-15-19-27-26/h14-19H,8-13,20-21H2,1-7H3. The van der Waals surface area contributed by atoms with Crippen LogP contribution < -0.4 is 0 Å². The van der Waals surface area contributed by atoms with Crippen LogP contribution in [0.1, 0.15) is 58.2 Å². The molecule has 0 atom stereocenters. The summed E-state index contributed by atoms with van der Waals surface area (Å²) < 4.78 is 0. The van der Waals surface area contributed by atoms with Gasteiger partial charge in [0.25, 0.3) is 0 Å². The Morgan fingerprint density at radius 3 is 1.48 bits per heavy atom. The van der Waals surface area contributed by atoms with Crippen LogP contribution in [0.4, 0.5) is 0 Å². The summed E-state index contributed by atoms with van der Waals surface area (Å²) in [5.74, 6) is 0. The Labute approximate surface area is 182 Å². The topological polar surface area (TPSA) is 12.9 Å². The Morgan fingerprint density at radius 2 is 1.10 bits per heavy atom. The van der Waals surface area contributed by atoms with Gasteiger partial charge in [0.05, 0.1) is 21.8 Å². The highest BCUT2D eigenvalue weighted by Crippen LogP contribution is 2.36. The maximum Gasteiger partial charge on any atom is 0.0736 e. The largest absolute Gasteiger partial charge is 0.256 e. The van der Waals surface area contributed by atoms with E-state index in [4.69, 9.17) is 4.98 Å². The molecule has 160 valence electrons. The van der Waals surface area contributed by atoms with Gasteiger partial charge in [-0.05, 0) is 41.8 Å². The van der Waals surface area contributed by atoms with Crippen LogP contribution in [0.15, 0.2) is 36.5 Å². The molecule has 2 aromatic rings. The zero-order valence-corrected chi connectivity index (χ0v) is 22.1. The molecule has 0 aliphatic heterocycles. The average molecular weight is 426 g/mol. The monoisotopic (exact) mass is 425 g/mol. The quantitative estimate of drug-likeness (QED) is 0.330. The van der Waals surface area contributed by atoms with Gasteiger partial charge in [-0.15, -0.1) is 0 Å². The van der Waals surface area contributed by atoms with E-state index in [-0.39, 0.29) is 0 Å². The molecule has 0 aliphatic carbocycles. The highest BCUT2D eigenvalue weighted by atomic mass is 28.3. The fraction of sp³-hybridized carbons (Fsp3) is 0.577. The van der Waals surface area contributed by atoms with Crippen LogP contribution in [0, 0.1) is 6.92 Å². The molecule has 0 saturated carbocycles. The molecule has 0 aliphatic rings. The molecule has 3 heteroatoms. The van der Waals surface area contributed by atoms with Crippen molar-refractivity contribution in [1.82, 2.24) is 4.98 Å². The van der Waals surface area contributed by atoms with Crippen molar-refractivity contribution in [3.63, 3.8) is 0 Å². The highest BCUT2D eigenvalue weighted by Gasteiger charge is 2.31. The first-order valence-electron chi connectivity index (χ1n) is 12.0. The van der Waals surface area contributed by atoms with Crippen molar-refractivity contribution < 1.29 is 0 Å². The van der Waals surface area contributed by atoms with Crippen molar-refractivity contribution in [3.05, 3.63) is 53.2 Å². The SMILES string of the molecule is CC[Si](CC)(CC)Cc1cccc(C[Si](CC)(CC)CC)c1-c1ncccc1C. The summed E-state index contributed by atoms with van der Waals surface area (Å²) in [5.41, 5.74) is 7.19. The van der Waals surface area contributed by atoms with E-state index in [9.17, 15) is 0 Å². The van der Waals surface area contributed by atoms with Crippen molar-refractivity contribution in [2.45, 2.75) is 96.8 Å². The molecule has 0 spiro atoms. The summed E-state index contributed by atoms with van der Waals surface area (Å²) in [5, 5.41) is 0. The summed E-state index contributed by atoms with van der Waals surface area (Å²) in [6.07, 6.45) is 1.98. The molecule has 1 aromatic carbocycles. The number of benzene rings is 1. The first-order chi connectivity index (χ1) is 13.9. The van der Waals surface area contributed by atoms with Gasteiger partial charge in [0, 0.05) is 11.8 Å². The third-order valence-corrected chi connectivity index (χ3v) is 19.4. The Morgan fingerprint density at radius 1 is 0.655 bits per heavy atom. The molecule has 0 bridgehead atoms. The number of nitrogens with zero attached hydrogens (tertiary/aromatic N) is 1. The van der Waals surface area contributed by atoms with Gasteiger partial charge in [0.15, 0.2) is 0 Å². The lowest BCUT2D eigenvalue weighted by molar-refractivity contribution is 1.08. The Hall–Kier alpha value is -1.20. The fourth-order valence-electron chi connectivity index (χ4n) is 5.06. The third kappa shape index (κ3) is 5.30. The molecule has 0 radical (unpaired) electrons. The number of hydrogen-bond acceptors (Lipinski definition) is 1. The predicted octanol–water partition coefficient (Wildman–Crippen LogP) is 8.24. The maximum atomic E-state index is 4.92. The van der Waals surface area contributed by atoms with Gasteiger partial charge < -0.3 is 0 Å². The number of pyridine rings is 1. The van der Waals surface area contributed by atoms with Gasteiger partial charge in [-0.3, -0.25) is 4.98 Å². The molecule has 29 heavy (non-hydrogen) atoms.